The van der Waals surface area contributed by atoms with E-state index in [1.807, 2.05) is 0 Å². The maximum absolute atomic E-state index is 11.9. The van der Waals surface area contributed by atoms with Gasteiger partial charge in [0.1, 0.15) is 5.75 Å². The van der Waals surface area contributed by atoms with Crippen LogP contribution in [0.15, 0.2) is 6.07 Å². The lowest BCUT2D eigenvalue weighted by Gasteiger charge is -2.19. The lowest BCUT2D eigenvalue weighted by molar-refractivity contribution is -0.119. The minimum Gasteiger partial charge on any atom is -0.505 e. The van der Waals surface area contributed by atoms with Gasteiger partial charge in [-0.2, -0.15) is 0 Å². The van der Waals surface area contributed by atoms with E-state index < -0.39 is 5.41 Å². The van der Waals surface area contributed by atoms with E-state index in [1.54, 1.807) is 20.8 Å². The van der Waals surface area contributed by atoms with E-state index in [0.717, 1.165) is 0 Å². The van der Waals surface area contributed by atoms with Gasteiger partial charge in [0.2, 0.25) is 11.8 Å². The molecule has 0 saturated carbocycles. The fourth-order valence-corrected chi connectivity index (χ4v) is 2.34. The van der Waals surface area contributed by atoms with Crippen LogP contribution in [0, 0.1) is 0 Å². The van der Waals surface area contributed by atoms with Crippen molar-refractivity contribution in [1.29, 1.82) is 0 Å². The molecule has 102 valence electrons. The van der Waals surface area contributed by atoms with Gasteiger partial charge in [-0.15, -0.1) is 0 Å². The molecule has 19 heavy (non-hydrogen) atoms. The number of halogens is 1. The molecule has 0 aromatic heterocycles. The summed E-state index contributed by atoms with van der Waals surface area (Å²) in [4.78, 5) is 23.3. The fourth-order valence-electron chi connectivity index (χ4n) is 2.09. The topological polar surface area (TPSA) is 78.4 Å². The van der Waals surface area contributed by atoms with E-state index in [9.17, 15) is 14.7 Å². The van der Waals surface area contributed by atoms with Gasteiger partial charge in [0.15, 0.2) is 0 Å². The smallest absolute Gasteiger partial charge is 0.234 e. The van der Waals surface area contributed by atoms with Gasteiger partial charge >= 0.3 is 0 Å². The molecule has 0 saturated heterocycles. The van der Waals surface area contributed by atoms with Crippen molar-refractivity contribution in [3.63, 3.8) is 0 Å². The largest absolute Gasteiger partial charge is 0.505 e. The predicted molar refractivity (Wildman–Crippen MR) is 73.7 cm³/mol. The van der Waals surface area contributed by atoms with Gasteiger partial charge in [-0.25, -0.2) is 0 Å². The van der Waals surface area contributed by atoms with Gasteiger partial charge in [-0.1, -0.05) is 18.5 Å². The van der Waals surface area contributed by atoms with Gasteiger partial charge < -0.3 is 15.7 Å². The zero-order chi connectivity index (χ0) is 14.4. The Kier molecular flexibility index (Phi) is 3.18. The highest BCUT2D eigenvalue weighted by atomic mass is 35.5. The molecule has 1 aromatic carbocycles. The number of nitrogens with one attached hydrogen (secondary N) is 2. The molecule has 1 aliphatic rings. The molecule has 0 spiro atoms. The minimum atomic E-state index is -0.893. The van der Waals surface area contributed by atoms with E-state index in [4.69, 9.17) is 11.6 Å². The van der Waals surface area contributed by atoms with Gasteiger partial charge in [0.05, 0.1) is 21.8 Å². The maximum atomic E-state index is 11.9. The van der Waals surface area contributed by atoms with Crippen LogP contribution in [0.3, 0.4) is 0 Å². The molecule has 3 N–H and O–H groups in total. The highest BCUT2D eigenvalue weighted by Gasteiger charge is 2.42. The number of fused-ring (bicyclic) bond motifs is 1. The highest BCUT2D eigenvalue weighted by molar-refractivity contribution is 6.35. The van der Waals surface area contributed by atoms with Gasteiger partial charge in [-0.3, -0.25) is 9.59 Å². The molecule has 0 aliphatic carbocycles. The Morgan fingerprint density at radius 2 is 2.16 bits per heavy atom. The minimum absolute atomic E-state index is 0.121. The maximum Gasteiger partial charge on any atom is 0.234 e. The number of phenolic OH excluding ortho intramolecular Hbond substituents is 1. The third-order valence-corrected chi connectivity index (χ3v) is 3.58. The molecule has 5 nitrogen and oxygen atoms in total. The number of carbonyl (C=O) groups is 2. The monoisotopic (exact) mass is 282 g/mol. The summed E-state index contributed by atoms with van der Waals surface area (Å²) in [6, 6.07) is 1.44. The molecule has 0 fully saturated rings. The van der Waals surface area contributed by atoms with E-state index in [1.165, 1.54) is 6.07 Å². The van der Waals surface area contributed by atoms with E-state index in [2.05, 4.69) is 10.6 Å². The third-order valence-electron chi connectivity index (χ3n) is 3.28. The SMILES string of the molecule is CCC(=O)Nc1cc(Cl)c2c(c1O)C(C)(C)C(=O)N2. The second kappa shape index (κ2) is 4.42. The summed E-state index contributed by atoms with van der Waals surface area (Å²) in [5.74, 6) is -0.593. The molecule has 1 aromatic rings. The zero-order valence-electron chi connectivity index (χ0n) is 10.9. The number of carbonyl (C=O) groups excluding carboxylic acids is 2. The fraction of sp³-hybridized carbons (Fsp3) is 0.385. The summed E-state index contributed by atoms with van der Waals surface area (Å²) < 4.78 is 0. The Balaban J connectivity index is 2.59. The Morgan fingerprint density at radius 3 is 2.74 bits per heavy atom. The Bertz CT molecular complexity index is 582. The van der Waals surface area contributed by atoms with E-state index >= 15 is 0 Å². The average Bonchev–Trinajstić information content (AvgIpc) is 2.58. The molecule has 0 atom stereocenters. The number of phenols is 1. The normalized spacial score (nSPS) is 15.9. The molecule has 2 rings (SSSR count). The van der Waals surface area contributed by atoms with Crippen LogP contribution in [0.2, 0.25) is 5.02 Å². The number of amides is 2. The standard InChI is InChI=1S/C13H15ClN2O3/c1-4-8(17)15-7-5-6(14)10-9(11(7)18)13(2,3)12(19)16-10/h5,18H,4H2,1-3H3,(H,15,17)(H,16,19). The van der Waals surface area contributed by atoms with Crippen molar-refractivity contribution in [2.45, 2.75) is 32.6 Å². The molecular formula is C13H15ClN2O3. The van der Waals surface area contributed by atoms with Gasteiger partial charge in [0.25, 0.3) is 0 Å². The van der Waals surface area contributed by atoms with Crippen molar-refractivity contribution in [2.75, 3.05) is 10.6 Å². The van der Waals surface area contributed by atoms with Crippen molar-refractivity contribution in [1.82, 2.24) is 0 Å². The summed E-state index contributed by atoms with van der Waals surface area (Å²) in [5, 5.41) is 15.8. The lowest BCUT2D eigenvalue weighted by Crippen LogP contribution is -2.27. The first-order valence-electron chi connectivity index (χ1n) is 5.96. The number of aromatic hydroxyl groups is 1. The molecule has 6 heteroatoms. The van der Waals surface area contributed by atoms with Crippen LogP contribution >= 0.6 is 11.6 Å². The number of hydrogen-bond donors (Lipinski definition) is 3. The number of benzene rings is 1. The second-order valence-electron chi connectivity index (χ2n) is 4.99. The van der Waals surface area contributed by atoms with Crippen LogP contribution in [-0.2, 0) is 15.0 Å². The number of hydrogen-bond acceptors (Lipinski definition) is 3. The third kappa shape index (κ3) is 2.04. The average molecular weight is 283 g/mol. The predicted octanol–water partition coefficient (Wildman–Crippen LogP) is 2.62. The number of rotatable bonds is 2. The van der Waals surface area contributed by atoms with Crippen LogP contribution in [0.1, 0.15) is 32.8 Å². The van der Waals surface area contributed by atoms with Crippen molar-refractivity contribution in [3.8, 4) is 5.75 Å². The van der Waals surface area contributed by atoms with Crippen molar-refractivity contribution >= 4 is 34.8 Å². The van der Waals surface area contributed by atoms with Crippen LogP contribution in [0.5, 0.6) is 5.75 Å². The van der Waals surface area contributed by atoms with Crippen LogP contribution < -0.4 is 10.6 Å². The summed E-state index contributed by atoms with van der Waals surface area (Å²) in [7, 11) is 0. The zero-order valence-corrected chi connectivity index (χ0v) is 11.7. The molecule has 0 bridgehead atoms. The summed E-state index contributed by atoms with van der Waals surface area (Å²) >= 11 is 6.09. The second-order valence-corrected chi connectivity index (χ2v) is 5.39. The van der Waals surface area contributed by atoms with Crippen molar-refractivity contribution in [3.05, 3.63) is 16.7 Å². The van der Waals surface area contributed by atoms with Crippen LogP contribution in [0.4, 0.5) is 11.4 Å². The molecule has 0 radical (unpaired) electrons. The quantitative estimate of drug-likeness (QED) is 0.730. The van der Waals surface area contributed by atoms with Crippen molar-refractivity contribution in [2.24, 2.45) is 0 Å². The summed E-state index contributed by atoms with van der Waals surface area (Å²) in [6.45, 7) is 5.08. The van der Waals surface area contributed by atoms with Crippen LogP contribution in [0.25, 0.3) is 0 Å². The summed E-state index contributed by atoms with van der Waals surface area (Å²) in [5.41, 5.74) is 0.149. The number of anilines is 2. The van der Waals surface area contributed by atoms with Gasteiger partial charge in [-0.05, 0) is 19.9 Å². The molecule has 1 aliphatic heterocycles. The van der Waals surface area contributed by atoms with Crippen LogP contribution in [-0.4, -0.2) is 16.9 Å². The van der Waals surface area contributed by atoms with E-state index in [0.29, 0.717) is 11.3 Å². The first-order valence-corrected chi connectivity index (χ1v) is 6.34. The lowest BCUT2D eigenvalue weighted by atomic mass is 9.85. The summed E-state index contributed by atoms with van der Waals surface area (Å²) in [6.07, 6.45) is 0.286. The molecule has 1 heterocycles. The van der Waals surface area contributed by atoms with E-state index in [-0.39, 0.29) is 34.7 Å². The highest BCUT2D eigenvalue weighted by Crippen LogP contribution is 2.49. The Hall–Kier alpha value is -1.75. The first-order chi connectivity index (χ1) is 8.78. The molecule has 0 unspecified atom stereocenters. The van der Waals surface area contributed by atoms with Crippen molar-refractivity contribution < 1.29 is 14.7 Å². The molecular weight excluding hydrogens is 268 g/mol. The van der Waals surface area contributed by atoms with Gasteiger partial charge in [0, 0.05) is 12.0 Å². The molecule has 2 amide bonds. The Morgan fingerprint density at radius 1 is 1.53 bits per heavy atom. The Labute approximate surface area is 116 Å². The first kappa shape index (κ1) is 13.7.